The molecule has 0 aliphatic rings. The number of nitrogens with zero attached hydrogens (tertiary/aromatic N) is 5. The Bertz CT molecular complexity index is 740. The van der Waals surface area contributed by atoms with Gasteiger partial charge in [0.05, 0.1) is 16.4 Å². The standard InChI is InChI=1S/C13H12FN5S2/c1-2-12-15-10(7-20-12)8-21-13-16-17-18-19(13)11-5-3-4-9(14)6-11/h3-7H,2,8H2,1H3. The van der Waals surface area contributed by atoms with Crippen molar-refractivity contribution >= 4 is 23.1 Å². The average Bonchev–Trinajstić information content (AvgIpc) is 3.14. The average molecular weight is 321 g/mol. The van der Waals surface area contributed by atoms with E-state index in [4.69, 9.17) is 0 Å². The van der Waals surface area contributed by atoms with E-state index in [1.54, 1.807) is 23.5 Å². The van der Waals surface area contributed by atoms with Gasteiger partial charge >= 0.3 is 0 Å². The number of tetrazole rings is 1. The van der Waals surface area contributed by atoms with Gasteiger partial charge in [0.25, 0.3) is 0 Å². The van der Waals surface area contributed by atoms with Crippen molar-refractivity contribution in [1.82, 2.24) is 25.2 Å². The molecule has 2 aromatic heterocycles. The lowest BCUT2D eigenvalue weighted by molar-refractivity contribution is 0.623. The summed E-state index contributed by atoms with van der Waals surface area (Å²) in [4.78, 5) is 4.50. The largest absolute Gasteiger partial charge is 0.245 e. The topological polar surface area (TPSA) is 56.5 Å². The first-order valence-corrected chi connectivity index (χ1v) is 8.23. The van der Waals surface area contributed by atoms with E-state index in [1.807, 2.05) is 5.38 Å². The van der Waals surface area contributed by atoms with Crippen molar-refractivity contribution in [2.45, 2.75) is 24.3 Å². The number of aryl methyl sites for hydroxylation is 1. The highest BCUT2D eigenvalue weighted by Crippen LogP contribution is 2.23. The first-order chi connectivity index (χ1) is 10.3. The highest BCUT2D eigenvalue weighted by atomic mass is 32.2. The molecular weight excluding hydrogens is 309 g/mol. The molecule has 0 saturated heterocycles. The van der Waals surface area contributed by atoms with Crippen molar-refractivity contribution in [3.8, 4) is 5.69 Å². The lowest BCUT2D eigenvalue weighted by Gasteiger charge is -2.03. The Morgan fingerprint density at radius 3 is 3.05 bits per heavy atom. The van der Waals surface area contributed by atoms with Crippen LogP contribution >= 0.6 is 23.1 Å². The van der Waals surface area contributed by atoms with Crippen LogP contribution in [-0.2, 0) is 12.2 Å². The minimum Gasteiger partial charge on any atom is -0.245 e. The minimum absolute atomic E-state index is 0.314. The number of thiazole rings is 1. The first kappa shape index (κ1) is 14.2. The van der Waals surface area contributed by atoms with Gasteiger partial charge in [-0.1, -0.05) is 24.8 Å². The second-order valence-corrected chi connectivity index (χ2v) is 6.11. The van der Waals surface area contributed by atoms with Crippen LogP contribution < -0.4 is 0 Å². The van der Waals surface area contributed by atoms with Gasteiger partial charge in [0.15, 0.2) is 0 Å². The normalized spacial score (nSPS) is 11.0. The summed E-state index contributed by atoms with van der Waals surface area (Å²) in [7, 11) is 0. The second-order valence-electron chi connectivity index (χ2n) is 4.23. The summed E-state index contributed by atoms with van der Waals surface area (Å²) in [5.41, 5.74) is 1.62. The van der Waals surface area contributed by atoms with Crippen LogP contribution in [0.25, 0.3) is 5.69 Å². The Morgan fingerprint density at radius 2 is 2.29 bits per heavy atom. The quantitative estimate of drug-likeness (QED) is 0.676. The lowest BCUT2D eigenvalue weighted by atomic mass is 10.3. The van der Waals surface area contributed by atoms with Crippen molar-refractivity contribution in [2.24, 2.45) is 0 Å². The molecule has 8 heteroatoms. The molecule has 3 rings (SSSR count). The minimum atomic E-state index is -0.314. The van der Waals surface area contributed by atoms with Crippen molar-refractivity contribution in [3.05, 3.63) is 46.2 Å². The molecule has 1 aromatic carbocycles. The molecule has 0 spiro atoms. The van der Waals surface area contributed by atoms with E-state index in [0.717, 1.165) is 17.1 Å². The van der Waals surface area contributed by atoms with Crippen LogP contribution in [0.2, 0.25) is 0 Å². The summed E-state index contributed by atoms with van der Waals surface area (Å²) in [5, 5.41) is 15.3. The zero-order chi connectivity index (χ0) is 14.7. The number of halogens is 1. The van der Waals surface area contributed by atoms with E-state index < -0.39 is 0 Å². The van der Waals surface area contributed by atoms with E-state index in [2.05, 4.69) is 27.4 Å². The number of aromatic nitrogens is 5. The predicted molar refractivity (Wildman–Crippen MR) is 80.2 cm³/mol. The van der Waals surface area contributed by atoms with E-state index in [1.165, 1.54) is 28.6 Å². The third-order valence-electron chi connectivity index (χ3n) is 2.74. The third-order valence-corrected chi connectivity index (χ3v) is 4.74. The van der Waals surface area contributed by atoms with Crippen LogP contribution in [0.4, 0.5) is 4.39 Å². The molecule has 0 amide bonds. The monoisotopic (exact) mass is 321 g/mol. The maximum Gasteiger partial charge on any atom is 0.214 e. The van der Waals surface area contributed by atoms with E-state index in [-0.39, 0.29) is 5.82 Å². The van der Waals surface area contributed by atoms with Gasteiger partial charge in [0, 0.05) is 11.1 Å². The van der Waals surface area contributed by atoms with Crippen LogP contribution in [0, 0.1) is 5.82 Å². The molecule has 5 nitrogen and oxygen atoms in total. The van der Waals surface area contributed by atoms with Gasteiger partial charge in [-0.05, 0) is 35.0 Å². The van der Waals surface area contributed by atoms with E-state index in [9.17, 15) is 4.39 Å². The summed E-state index contributed by atoms with van der Waals surface area (Å²) in [6, 6.07) is 6.19. The zero-order valence-electron chi connectivity index (χ0n) is 11.2. The summed E-state index contributed by atoms with van der Waals surface area (Å²) in [5.74, 6) is 0.373. The molecular formula is C13H12FN5S2. The number of benzene rings is 1. The molecule has 0 unspecified atom stereocenters. The molecule has 0 aliphatic carbocycles. The molecule has 0 aliphatic heterocycles. The molecule has 3 aromatic rings. The summed E-state index contributed by atoms with van der Waals surface area (Å²) in [6.45, 7) is 2.08. The van der Waals surface area contributed by atoms with Crippen molar-refractivity contribution in [1.29, 1.82) is 0 Å². The van der Waals surface area contributed by atoms with E-state index in [0.29, 0.717) is 16.6 Å². The Balaban J connectivity index is 1.76. The Kier molecular flexibility index (Phi) is 4.26. The molecule has 21 heavy (non-hydrogen) atoms. The van der Waals surface area contributed by atoms with Crippen LogP contribution in [0.3, 0.4) is 0 Å². The van der Waals surface area contributed by atoms with Gasteiger partial charge < -0.3 is 0 Å². The SMILES string of the molecule is CCc1nc(CSc2nnnn2-c2cccc(F)c2)cs1. The summed E-state index contributed by atoms with van der Waals surface area (Å²) < 4.78 is 14.8. The number of thioether (sulfide) groups is 1. The maximum absolute atomic E-state index is 13.3. The van der Waals surface area contributed by atoms with Gasteiger partial charge in [-0.2, -0.15) is 4.68 Å². The first-order valence-electron chi connectivity index (χ1n) is 6.36. The van der Waals surface area contributed by atoms with Gasteiger partial charge in [-0.15, -0.1) is 16.4 Å². The fourth-order valence-corrected chi connectivity index (χ4v) is 3.39. The second kappa shape index (κ2) is 6.31. The molecule has 0 N–H and O–H groups in total. The van der Waals surface area contributed by atoms with Crippen LogP contribution in [0.5, 0.6) is 0 Å². The van der Waals surface area contributed by atoms with E-state index >= 15 is 0 Å². The van der Waals surface area contributed by atoms with Crippen LogP contribution in [0.15, 0.2) is 34.8 Å². The maximum atomic E-state index is 13.3. The Labute approximate surface area is 129 Å². The number of rotatable bonds is 5. The predicted octanol–water partition coefficient (Wildman–Crippen LogP) is 3.11. The van der Waals surface area contributed by atoms with Crippen LogP contribution in [-0.4, -0.2) is 25.2 Å². The lowest BCUT2D eigenvalue weighted by Crippen LogP contribution is -1.99. The summed E-state index contributed by atoms with van der Waals surface area (Å²) >= 11 is 3.14. The molecule has 0 atom stereocenters. The van der Waals surface area contributed by atoms with Gasteiger partial charge in [0.1, 0.15) is 5.82 Å². The highest BCUT2D eigenvalue weighted by molar-refractivity contribution is 7.98. The fraction of sp³-hybridized carbons (Fsp3) is 0.231. The third kappa shape index (κ3) is 3.27. The fourth-order valence-electron chi connectivity index (χ4n) is 1.75. The molecule has 2 heterocycles. The van der Waals surface area contributed by atoms with Gasteiger partial charge in [-0.25, -0.2) is 9.37 Å². The molecule has 108 valence electrons. The van der Waals surface area contributed by atoms with Crippen molar-refractivity contribution in [3.63, 3.8) is 0 Å². The number of hydrogen-bond acceptors (Lipinski definition) is 6. The van der Waals surface area contributed by atoms with Gasteiger partial charge in [-0.3, -0.25) is 0 Å². The Hall–Kier alpha value is -1.80. The van der Waals surface area contributed by atoms with Crippen molar-refractivity contribution in [2.75, 3.05) is 0 Å². The van der Waals surface area contributed by atoms with Crippen LogP contribution in [0.1, 0.15) is 17.6 Å². The zero-order valence-corrected chi connectivity index (χ0v) is 12.9. The molecule has 0 bridgehead atoms. The smallest absolute Gasteiger partial charge is 0.214 e. The highest BCUT2D eigenvalue weighted by Gasteiger charge is 2.11. The van der Waals surface area contributed by atoms with Gasteiger partial charge in [0.2, 0.25) is 5.16 Å². The Morgan fingerprint density at radius 1 is 1.38 bits per heavy atom. The number of hydrogen-bond donors (Lipinski definition) is 0. The molecule has 0 radical (unpaired) electrons. The van der Waals surface area contributed by atoms with Crippen molar-refractivity contribution < 1.29 is 4.39 Å². The molecule has 0 saturated carbocycles. The summed E-state index contributed by atoms with van der Waals surface area (Å²) in [6.07, 6.45) is 0.941. The molecule has 0 fully saturated rings.